The number of rotatable bonds is 9. The molecule has 3 heterocycles. The van der Waals surface area contributed by atoms with Gasteiger partial charge >= 0.3 is 0 Å². The molecule has 0 bridgehead atoms. The van der Waals surface area contributed by atoms with E-state index in [4.69, 9.17) is 4.98 Å². The Hall–Kier alpha value is -3.84. The summed E-state index contributed by atoms with van der Waals surface area (Å²) in [7, 11) is 0. The molecule has 0 radical (unpaired) electrons. The zero-order valence-corrected chi connectivity index (χ0v) is 21.9. The molecule has 2 aliphatic rings. The lowest BCUT2D eigenvalue weighted by atomic mass is 10.0. The van der Waals surface area contributed by atoms with Crippen LogP contribution in [0.1, 0.15) is 30.9 Å². The van der Waals surface area contributed by atoms with Crippen LogP contribution in [0.3, 0.4) is 0 Å². The predicted octanol–water partition coefficient (Wildman–Crippen LogP) is 4.68. The highest BCUT2D eigenvalue weighted by Gasteiger charge is 2.55. The van der Waals surface area contributed by atoms with Crippen LogP contribution in [0.15, 0.2) is 71.7 Å². The third-order valence-electron chi connectivity index (χ3n) is 7.94. The molecule has 1 aliphatic heterocycles. The number of hydrogen-bond donors (Lipinski definition) is 1. The van der Waals surface area contributed by atoms with Gasteiger partial charge in [-0.2, -0.15) is 4.98 Å². The fourth-order valence-corrected chi connectivity index (χ4v) is 5.93. The maximum absolute atomic E-state index is 13.7. The van der Waals surface area contributed by atoms with E-state index in [1.807, 2.05) is 44.2 Å². The summed E-state index contributed by atoms with van der Waals surface area (Å²) in [6.45, 7) is 7.07. The standard InChI is InChI=1S/C31H33N5O2/c1-3-9-23(37)17-36-29-22(14-25(30(36)38)24-13-8-7-10-20(24)2)15-32-31(34-29)33-28-26-18-35(19-27(26)28)16-21-11-5-4-6-12-21/h4-8,10-15,26-28H,3,9,16-19H2,1-2H3,(H,32,33,34). The second-order valence-electron chi connectivity index (χ2n) is 10.7. The van der Waals surface area contributed by atoms with Gasteiger partial charge in [-0.1, -0.05) is 61.5 Å². The minimum Gasteiger partial charge on any atom is -0.351 e. The Kier molecular flexibility index (Phi) is 6.54. The molecule has 1 aliphatic carbocycles. The van der Waals surface area contributed by atoms with E-state index in [0.717, 1.165) is 42.6 Å². The summed E-state index contributed by atoms with van der Waals surface area (Å²) in [5.41, 5.74) is 4.10. The third kappa shape index (κ3) is 4.74. The van der Waals surface area contributed by atoms with E-state index in [9.17, 15) is 9.59 Å². The highest BCUT2D eigenvalue weighted by Crippen LogP contribution is 2.47. The van der Waals surface area contributed by atoms with Crippen molar-refractivity contribution in [2.45, 2.75) is 45.8 Å². The number of ketones is 1. The Morgan fingerprint density at radius 3 is 2.50 bits per heavy atom. The Bertz CT molecular complexity index is 1540. The first-order valence-corrected chi connectivity index (χ1v) is 13.5. The normalized spacial score (nSPS) is 20.4. The van der Waals surface area contributed by atoms with Crippen molar-refractivity contribution in [2.75, 3.05) is 18.4 Å². The summed E-state index contributed by atoms with van der Waals surface area (Å²) in [6, 6.07) is 20.6. The number of piperidine rings is 1. The largest absolute Gasteiger partial charge is 0.351 e. The zero-order chi connectivity index (χ0) is 26.2. The molecule has 194 valence electrons. The van der Waals surface area contributed by atoms with Crippen molar-refractivity contribution in [3.63, 3.8) is 0 Å². The highest BCUT2D eigenvalue weighted by molar-refractivity contribution is 5.85. The molecule has 0 amide bonds. The van der Waals surface area contributed by atoms with E-state index >= 15 is 0 Å². The zero-order valence-electron chi connectivity index (χ0n) is 21.9. The van der Waals surface area contributed by atoms with Crippen molar-refractivity contribution in [2.24, 2.45) is 11.8 Å². The number of anilines is 1. The number of carbonyl (C=O) groups is 1. The van der Waals surface area contributed by atoms with Gasteiger partial charge in [-0.05, 0) is 47.9 Å². The lowest BCUT2D eigenvalue weighted by molar-refractivity contribution is -0.119. The van der Waals surface area contributed by atoms with Gasteiger partial charge in [0.15, 0.2) is 5.78 Å². The van der Waals surface area contributed by atoms with Gasteiger partial charge in [0.2, 0.25) is 5.95 Å². The van der Waals surface area contributed by atoms with Crippen LogP contribution in [-0.2, 0) is 17.9 Å². The summed E-state index contributed by atoms with van der Waals surface area (Å²) < 4.78 is 1.54. The van der Waals surface area contributed by atoms with Gasteiger partial charge in [0.05, 0.1) is 6.54 Å². The minimum atomic E-state index is -0.194. The third-order valence-corrected chi connectivity index (χ3v) is 7.94. The van der Waals surface area contributed by atoms with E-state index in [1.165, 1.54) is 10.1 Å². The Labute approximate surface area is 222 Å². The van der Waals surface area contributed by atoms with Gasteiger partial charge in [0.1, 0.15) is 5.65 Å². The predicted molar refractivity (Wildman–Crippen MR) is 150 cm³/mol. The maximum atomic E-state index is 13.7. The van der Waals surface area contributed by atoms with Crippen LogP contribution in [-0.4, -0.2) is 44.3 Å². The SMILES string of the molecule is CCCC(=O)Cn1c(=O)c(-c2ccccc2C)cc2cnc(NC3C4CN(Cc5ccccc5)CC43)nc21. The molecule has 0 spiro atoms. The van der Waals surface area contributed by atoms with Crippen molar-refractivity contribution < 1.29 is 4.79 Å². The molecule has 4 aromatic rings. The van der Waals surface area contributed by atoms with Gasteiger partial charge in [0.25, 0.3) is 5.56 Å². The second-order valence-corrected chi connectivity index (χ2v) is 10.7. The quantitative estimate of drug-likeness (QED) is 0.354. The number of nitrogens with one attached hydrogen (secondary N) is 1. The molecule has 2 aromatic heterocycles. The molecule has 7 nitrogen and oxygen atoms in total. The molecule has 2 aromatic carbocycles. The van der Waals surface area contributed by atoms with Crippen LogP contribution < -0.4 is 10.9 Å². The number of aromatic nitrogens is 3. The summed E-state index contributed by atoms with van der Waals surface area (Å²) in [5.74, 6) is 1.71. The first-order valence-electron chi connectivity index (χ1n) is 13.5. The van der Waals surface area contributed by atoms with Crippen molar-refractivity contribution in [3.8, 4) is 11.1 Å². The van der Waals surface area contributed by atoms with Crippen LogP contribution in [0.4, 0.5) is 5.95 Å². The van der Waals surface area contributed by atoms with Crippen molar-refractivity contribution in [3.05, 3.63) is 88.3 Å². The van der Waals surface area contributed by atoms with Gasteiger partial charge in [-0.25, -0.2) is 4.98 Å². The average Bonchev–Trinajstić information content (AvgIpc) is 3.34. The van der Waals surface area contributed by atoms with E-state index in [1.54, 1.807) is 6.20 Å². The molecule has 2 atom stereocenters. The average molecular weight is 508 g/mol. The number of aryl methyl sites for hydroxylation is 1. The second kappa shape index (κ2) is 10.1. The van der Waals surface area contributed by atoms with E-state index in [0.29, 0.717) is 41.5 Å². The van der Waals surface area contributed by atoms with Crippen molar-refractivity contribution >= 4 is 22.8 Å². The molecule has 7 heteroatoms. The first-order chi connectivity index (χ1) is 18.5. The fourth-order valence-electron chi connectivity index (χ4n) is 5.93. The highest BCUT2D eigenvalue weighted by atomic mass is 16.1. The number of nitrogens with zero attached hydrogens (tertiary/aromatic N) is 4. The van der Waals surface area contributed by atoms with Crippen LogP contribution in [0.25, 0.3) is 22.2 Å². The molecule has 2 unspecified atom stereocenters. The topological polar surface area (TPSA) is 80.1 Å². The van der Waals surface area contributed by atoms with Gasteiger partial charge < -0.3 is 5.32 Å². The molecule has 38 heavy (non-hydrogen) atoms. The molecular formula is C31H33N5O2. The van der Waals surface area contributed by atoms with Crippen LogP contribution >= 0.6 is 0 Å². The van der Waals surface area contributed by atoms with Gasteiger partial charge in [0, 0.05) is 49.2 Å². The van der Waals surface area contributed by atoms with Crippen LogP contribution in [0, 0.1) is 18.8 Å². The first kappa shape index (κ1) is 24.5. The molecule has 1 saturated heterocycles. The Morgan fingerprint density at radius 2 is 1.76 bits per heavy atom. The van der Waals surface area contributed by atoms with E-state index < -0.39 is 0 Å². The molecule has 1 saturated carbocycles. The number of hydrogen-bond acceptors (Lipinski definition) is 6. The number of carbonyl (C=O) groups excluding carboxylic acids is 1. The Morgan fingerprint density at radius 1 is 1.03 bits per heavy atom. The monoisotopic (exact) mass is 507 g/mol. The summed E-state index contributed by atoms with van der Waals surface area (Å²) in [5, 5.41) is 4.28. The lowest BCUT2D eigenvalue weighted by Crippen LogP contribution is -2.28. The van der Waals surface area contributed by atoms with Gasteiger partial charge in [-0.3, -0.25) is 19.1 Å². The van der Waals surface area contributed by atoms with Crippen LogP contribution in [0.5, 0.6) is 0 Å². The number of fused-ring (bicyclic) bond motifs is 2. The summed E-state index contributed by atoms with van der Waals surface area (Å²) in [4.78, 5) is 38.2. The number of benzene rings is 2. The van der Waals surface area contributed by atoms with E-state index in [-0.39, 0.29) is 17.9 Å². The van der Waals surface area contributed by atoms with Crippen molar-refractivity contribution in [1.29, 1.82) is 0 Å². The van der Waals surface area contributed by atoms with E-state index in [2.05, 4.69) is 45.5 Å². The number of likely N-dealkylation sites (tertiary alicyclic amines) is 1. The molecule has 2 fully saturated rings. The summed E-state index contributed by atoms with van der Waals surface area (Å²) in [6.07, 6.45) is 2.95. The van der Waals surface area contributed by atoms with Crippen molar-refractivity contribution in [1.82, 2.24) is 19.4 Å². The fraction of sp³-hybridized carbons (Fsp3) is 0.355. The smallest absolute Gasteiger partial charge is 0.260 e. The van der Waals surface area contributed by atoms with Gasteiger partial charge in [-0.15, -0.1) is 0 Å². The molecule has 6 rings (SSSR count). The number of Topliss-reactive ketones (excluding diaryl/α,β-unsaturated/α-hetero) is 1. The molecule has 1 N–H and O–H groups in total. The number of pyridine rings is 1. The summed E-state index contributed by atoms with van der Waals surface area (Å²) >= 11 is 0. The molecular weight excluding hydrogens is 474 g/mol. The maximum Gasteiger partial charge on any atom is 0.260 e. The lowest BCUT2D eigenvalue weighted by Gasteiger charge is -2.20. The van der Waals surface area contributed by atoms with Crippen LogP contribution in [0.2, 0.25) is 0 Å². The minimum absolute atomic E-state index is 0.0163. The Balaban J connectivity index is 1.25.